The highest BCUT2D eigenvalue weighted by Gasteiger charge is 2.28. The number of fused-ring (bicyclic) bond motifs is 3. The second-order valence-corrected chi connectivity index (χ2v) is 5.81. The van der Waals surface area contributed by atoms with Gasteiger partial charge in [0.25, 0.3) is 0 Å². The van der Waals surface area contributed by atoms with Crippen LogP contribution in [-0.4, -0.2) is 11.5 Å². The van der Waals surface area contributed by atoms with Gasteiger partial charge in [0.05, 0.1) is 17.1 Å². The Bertz CT molecular complexity index is 682. The molecular formula is C15H15N2S+. The fourth-order valence-corrected chi connectivity index (χ4v) is 3.83. The second kappa shape index (κ2) is 3.97. The molecule has 1 aliphatic heterocycles. The summed E-state index contributed by atoms with van der Waals surface area (Å²) >= 11 is 1.85. The van der Waals surface area contributed by atoms with Gasteiger partial charge in [0.1, 0.15) is 0 Å². The van der Waals surface area contributed by atoms with Crippen molar-refractivity contribution >= 4 is 22.2 Å². The Morgan fingerprint density at radius 3 is 3.00 bits per heavy atom. The number of aromatic nitrogens is 1. The van der Waals surface area contributed by atoms with Gasteiger partial charge in [-0.05, 0) is 23.1 Å². The molecule has 0 saturated heterocycles. The summed E-state index contributed by atoms with van der Waals surface area (Å²) in [4.78, 5) is 5.08. The zero-order chi connectivity index (χ0) is 11.9. The largest absolute Gasteiger partial charge is 0.353 e. The highest BCUT2D eigenvalue weighted by atomic mass is 32.1. The molecule has 0 bridgehead atoms. The summed E-state index contributed by atoms with van der Waals surface area (Å²) in [5, 5.41) is 6.02. The Labute approximate surface area is 110 Å². The molecule has 2 aromatic heterocycles. The minimum absolute atomic E-state index is 0.459. The van der Waals surface area contributed by atoms with E-state index in [0.29, 0.717) is 6.04 Å². The molecule has 3 N–H and O–H groups in total. The molecule has 1 aromatic carbocycles. The van der Waals surface area contributed by atoms with E-state index in [9.17, 15) is 0 Å². The number of benzene rings is 1. The fourth-order valence-electron chi connectivity index (χ4n) is 2.99. The van der Waals surface area contributed by atoms with E-state index >= 15 is 0 Å². The standard InChI is InChI=1S/C15H14N2S/c1-2-5-12-10(4-1)11-7-8-16-15(14(11)17-12)13-6-3-9-18-13/h1-6,9,15-17H,7-8H2/p+1/t15-/m0/s1. The lowest BCUT2D eigenvalue weighted by Gasteiger charge is -2.20. The lowest BCUT2D eigenvalue weighted by Crippen LogP contribution is -2.87. The van der Waals surface area contributed by atoms with Crippen LogP contribution in [0.25, 0.3) is 10.9 Å². The van der Waals surface area contributed by atoms with Crippen LogP contribution in [0.4, 0.5) is 0 Å². The lowest BCUT2D eigenvalue weighted by atomic mass is 9.98. The van der Waals surface area contributed by atoms with E-state index in [4.69, 9.17) is 0 Å². The van der Waals surface area contributed by atoms with Crippen LogP contribution in [0.5, 0.6) is 0 Å². The first-order valence-corrected chi connectivity index (χ1v) is 7.27. The van der Waals surface area contributed by atoms with Crippen LogP contribution < -0.4 is 5.32 Å². The molecule has 1 aliphatic rings. The highest BCUT2D eigenvalue weighted by molar-refractivity contribution is 7.10. The van der Waals surface area contributed by atoms with Crippen LogP contribution in [0.2, 0.25) is 0 Å². The first-order valence-electron chi connectivity index (χ1n) is 6.40. The number of aromatic amines is 1. The molecule has 2 nitrogen and oxygen atoms in total. The molecule has 3 aromatic rings. The van der Waals surface area contributed by atoms with Crippen LogP contribution in [-0.2, 0) is 6.42 Å². The monoisotopic (exact) mass is 255 g/mol. The van der Waals surface area contributed by atoms with E-state index in [-0.39, 0.29) is 0 Å². The van der Waals surface area contributed by atoms with Crippen molar-refractivity contribution in [3.05, 3.63) is 57.9 Å². The van der Waals surface area contributed by atoms with Crippen LogP contribution in [0.15, 0.2) is 41.8 Å². The second-order valence-electron chi connectivity index (χ2n) is 4.83. The van der Waals surface area contributed by atoms with Gasteiger partial charge in [0.2, 0.25) is 0 Å². The third kappa shape index (κ3) is 1.44. The number of nitrogens with one attached hydrogen (secondary N) is 1. The van der Waals surface area contributed by atoms with Crippen molar-refractivity contribution in [2.45, 2.75) is 12.5 Å². The maximum absolute atomic E-state index is 3.63. The Morgan fingerprint density at radius 2 is 2.11 bits per heavy atom. The SMILES string of the molecule is c1csc([C@@H]2[NH2+]CCc3c2[nH]c2ccccc32)c1. The number of thiophene rings is 1. The van der Waals surface area contributed by atoms with Gasteiger partial charge >= 0.3 is 0 Å². The van der Waals surface area contributed by atoms with Crippen molar-refractivity contribution in [3.8, 4) is 0 Å². The van der Waals surface area contributed by atoms with Gasteiger partial charge in [-0.1, -0.05) is 24.3 Å². The molecule has 1 atom stereocenters. The molecule has 0 saturated carbocycles. The summed E-state index contributed by atoms with van der Waals surface area (Å²) in [6, 6.07) is 13.5. The van der Waals surface area contributed by atoms with Gasteiger partial charge in [0.15, 0.2) is 6.04 Å². The van der Waals surface area contributed by atoms with Crippen LogP contribution >= 0.6 is 11.3 Å². The number of quaternary nitrogens is 1. The van der Waals surface area contributed by atoms with Gasteiger partial charge in [0, 0.05) is 17.3 Å². The Morgan fingerprint density at radius 1 is 1.17 bits per heavy atom. The predicted octanol–water partition coefficient (Wildman–Crippen LogP) is 2.44. The zero-order valence-electron chi connectivity index (χ0n) is 10.0. The van der Waals surface area contributed by atoms with E-state index in [1.165, 1.54) is 40.0 Å². The zero-order valence-corrected chi connectivity index (χ0v) is 10.8. The molecular weight excluding hydrogens is 240 g/mol. The molecule has 4 rings (SSSR count). The van der Waals surface area contributed by atoms with Crippen LogP contribution in [0.1, 0.15) is 22.2 Å². The van der Waals surface area contributed by atoms with E-state index < -0.39 is 0 Å². The molecule has 18 heavy (non-hydrogen) atoms. The van der Waals surface area contributed by atoms with Crippen molar-refractivity contribution in [1.29, 1.82) is 0 Å². The van der Waals surface area contributed by atoms with Crippen molar-refractivity contribution < 1.29 is 5.32 Å². The molecule has 0 unspecified atom stereocenters. The van der Waals surface area contributed by atoms with E-state index in [0.717, 1.165) is 0 Å². The number of para-hydroxylation sites is 1. The number of rotatable bonds is 1. The van der Waals surface area contributed by atoms with E-state index in [2.05, 4.69) is 52.1 Å². The smallest absolute Gasteiger partial charge is 0.162 e. The summed E-state index contributed by atoms with van der Waals surface area (Å²) in [6.07, 6.45) is 1.17. The third-order valence-corrected chi connectivity index (χ3v) is 4.76. The molecule has 0 radical (unpaired) electrons. The van der Waals surface area contributed by atoms with Gasteiger partial charge in [-0.3, -0.25) is 0 Å². The topological polar surface area (TPSA) is 32.4 Å². The minimum atomic E-state index is 0.459. The normalized spacial score (nSPS) is 19.0. The van der Waals surface area contributed by atoms with Crippen molar-refractivity contribution in [2.24, 2.45) is 0 Å². The number of H-pyrrole nitrogens is 1. The lowest BCUT2D eigenvalue weighted by molar-refractivity contribution is -0.689. The fraction of sp³-hybridized carbons (Fsp3) is 0.200. The Kier molecular flexibility index (Phi) is 2.28. The molecule has 0 amide bonds. The van der Waals surface area contributed by atoms with Crippen molar-refractivity contribution in [1.82, 2.24) is 4.98 Å². The molecule has 3 heterocycles. The number of hydrogen-bond donors (Lipinski definition) is 2. The summed E-state index contributed by atoms with van der Waals surface area (Å²) in [6.45, 7) is 1.18. The quantitative estimate of drug-likeness (QED) is 0.669. The molecule has 0 spiro atoms. The molecule has 0 aliphatic carbocycles. The summed E-state index contributed by atoms with van der Waals surface area (Å²) in [7, 11) is 0. The van der Waals surface area contributed by atoms with Gasteiger partial charge in [-0.25, -0.2) is 0 Å². The minimum Gasteiger partial charge on any atom is -0.353 e. The van der Waals surface area contributed by atoms with Crippen molar-refractivity contribution in [3.63, 3.8) is 0 Å². The average Bonchev–Trinajstić information content (AvgIpc) is 3.05. The maximum atomic E-state index is 3.63. The van der Waals surface area contributed by atoms with Gasteiger partial charge < -0.3 is 10.3 Å². The average molecular weight is 255 g/mol. The summed E-state index contributed by atoms with van der Waals surface area (Å²) in [5.41, 5.74) is 4.20. The van der Waals surface area contributed by atoms with Gasteiger partial charge in [-0.2, -0.15) is 0 Å². The predicted molar refractivity (Wildman–Crippen MR) is 75.0 cm³/mol. The Balaban J connectivity index is 1.94. The van der Waals surface area contributed by atoms with Crippen LogP contribution in [0.3, 0.4) is 0 Å². The molecule has 0 fully saturated rings. The third-order valence-electron chi connectivity index (χ3n) is 3.80. The first-order chi connectivity index (χ1) is 8.93. The number of hydrogen-bond acceptors (Lipinski definition) is 1. The van der Waals surface area contributed by atoms with Crippen molar-refractivity contribution in [2.75, 3.05) is 6.54 Å². The Hall–Kier alpha value is -1.58. The maximum Gasteiger partial charge on any atom is 0.162 e. The molecule has 90 valence electrons. The first kappa shape index (κ1) is 10.4. The summed E-state index contributed by atoms with van der Waals surface area (Å²) < 4.78 is 0. The number of nitrogens with two attached hydrogens (primary N) is 1. The van der Waals surface area contributed by atoms with Crippen LogP contribution in [0, 0.1) is 0 Å². The summed E-state index contributed by atoms with van der Waals surface area (Å²) in [5.74, 6) is 0. The van der Waals surface area contributed by atoms with E-state index in [1.54, 1.807) is 0 Å². The van der Waals surface area contributed by atoms with E-state index in [1.807, 2.05) is 11.3 Å². The highest BCUT2D eigenvalue weighted by Crippen LogP contribution is 2.31. The molecule has 3 heteroatoms. The van der Waals surface area contributed by atoms with Gasteiger partial charge in [-0.15, -0.1) is 11.3 Å².